The topological polar surface area (TPSA) is 6.48 Å². The van der Waals surface area contributed by atoms with Gasteiger partial charge in [-0.3, -0.25) is 0 Å². The van der Waals surface area contributed by atoms with Gasteiger partial charge in [0.1, 0.15) is 78.5 Å². The Morgan fingerprint density at radius 1 is 0.258 bits per heavy atom. The molecule has 0 aliphatic rings. The number of anilines is 6. The Kier molecular flexibility index (Phi) is 11.0. The maximum Gasteiger partial charge on any atom is 0.141 e. The fourth-order valence-electron chi connectivity index (χ4n) is 9.70. The van der Waals surface area contributed by atoms with Crippen LogP contribution in [0.5, 0.6) is 0 Å². The van der Waals surface area contributed by atoms with Crippen LogP contribution in [0.2, 0.25) is 0 Å². The zero-order valence-electron chi connectivity index (χ0n) is 37.9. The third-order valence-electron chi connectivity index (χ3n) is 14.2. The van der Waals surface area contributed by atoms with Crippen LogP contribution in [0.3, 0.4) is 0 Å². The Bertz CT molecular complexity index is 2930. The van der Waals surface area contributed by atoms with Gasteiger partial charge >= 0.3 is 0 Å². The molecule has 286 valence electrons. The molecular weight excluding hydrogens is 737 g/mol. The average Bonchev–Trinajstić information content (AvgIpc) is 3.31. The summed E-state index contributed by atoms with van der Waals surface area (Å²) in [5.74, 6) is 0. The van der Waals surface area contributed by atoms with E-state index in [0.29, 0.717) is 0 Å². The number of benzene rings is 9. The summed E-state index contributed by atoms with van der Waals surface area (Å²) in [4.78, 5) is 4.97. The molecule has 0 amide bonds. The molecule has 0 aromatic heterocycles. The average molecular weight is 783 g/mol. The van der Waals surface area contributed by atoms with Gasteiger partial charge in [0.05, 0.1) is 11.4 Å². The first-order valence-electron chi connectivity index (χ1n) is 21.9. The summed E-state index contributed by atoms with van der Waals surface area (Å²) in [6.45, 7) is 0. The highest BCUT2D eigenvalue weighted by Gasteiger charge is 2.24. The largest absolute Gasteiger partial charge is 0.311 e. The fourth-order valence-corrected chi connectivity index (χ4v) is 9.70. The van der Waals surface area contributed by atoms with Gasteiger partial charge in [-0.25, -0.2) is 0 Å². The Balaban J connectivity index is 1.10. The maximum absolute atomic E-state index is 2.48. The van der Waals surface area contributed by atoms with Crippen LogP contribution in [-0.2, 0) is 0 Å². The minimum absolute atomic E-state index is 1.14. The second-order valence-corrected chi connectivity index (χ2v) is 17.3. The van der Waals surface area contributed by atoms with E-state index in [1.54, 1.807) is 0 Å². The molecule has 9 aromatic carbocycles. The van der Waals surface area contributed by atoms with Crippen LogP contribution < -0.4 is 64.4 Å². The first-order valence-corrected chi connectivity index (χ1v) is 21.9. The van der Waals surface area contributed by atoms with Crippen LogP contribution in [0.15, 0.2) is 158 Å². The van der Waals surface area contributed by atoms with Crippen molar-refractivity contribution in [3.8, 4) is 22.3 Å². The zero-order valence-corrected chi connectivity index (χ0v) is 37.9. The van der Waals surface area contributed by atoms with Gasteiger partial charge in [-0.2, -0.15) is 0 Å². The summed E-state index contributed by atoms with van der Waals surface area (Å²) in [5.41, 5.74) is 25.3. The van der Waals surface area contributed by atoms with Gasteiger partial charge in [0.2, 0.25) is 0 Å². The van der Waals surface area contributed by atoms with E-state index in [4.69, 9.17) is 0 Å². The molecule has 62 heavy (non-hydrogen) atoms. The van der Waals surface area contributed by atoms with E-state index in [-0.39, 0.29) is 0 Å². The highest BCUT2D eigenvalue weighted by molar-refractivity contribution is 6.70. The van der Waals surface area contributed by atoms with Crippen molar-refractivity contribution in [2.45, 2.75) is 0 Å². The predicted octanol–water partition coefficient (Wildman–Crippen LogP) is -3.15. The standard InChI is InChI=1S/C50H46B10N2/c51-39-41(53)45(57)49(46(58)42(39)54)61(37-16-6-10-29-8-1-3-14-35(29)37)33-22-18-27(19-23-33)31-12-5-13-32(26-31)28-20-24-34(25-21-28)62(38-17-7-11-30-9-2-4-15-36(30)38)50-47(59)43(55)40(52)44(56)48(50)60/h1-26H,51-60H2. The van der Waals surface area contributed by atoms with Gasteiger partial charge < -0.3 is 9.80 Å². The molecule has 0 spiro atoms. The fraction of sp³-hybridized carbons (Fsp3) is 0. The van der Waals surface area contributed by atoms with E-state index in [2.05, 4.69) is 246 Å². The predicted molar refractivity (Wildman–Crippen MR) is 303 cm³/mol. The molecule has 0 aliphatic carbocycles. The van der Waals surface area contributed by atoms with E-state index < -0.39 is 0 Å². The molecule has 9 aromatic rings. The SMILES string of the molecule is Bc1c(B)c(B)c(N(c2ccc(-c3cccc(-c4ccc(N(c5c(B)c(B)c(B)c(B)c5B)c5cccc6ccccc56)cc4)c3)cc2)c2cccc3ccccc23)c(B)c1B. The third kappa shape index (κ3) is 7.04. The molecule has 0 saturated heterocycles. The second-order valence-electron chi connectivity index (χ2n) is 17.3. The summed E-state index contributed by atoms with van der Waals surface area (Å²) in [5, 5.41) is 4.95. The first kappa shape index (κ1) is 41.1. The molecule has 0 N–H and O–H groups in total. The third-order valence-corrected chi connectivity index (χ3v) is 14.2. The molecular formula is C50H46B10N2. The van der Waals surface area contributed by atoms with Gasteiger partial charge in [-0.15, -0.1) is 10.9 Å². The van der Waals surface area contributed by atoms with Crippen molar-refractivity contribution in [1.29, 1.82) is 0 Å². The molecule has 12 heteroatoms. The van der Waals surface area contributed by atoms with Crippen molar-refractivity contribution in [1.82, 2.24) is 0 Å². The Morgan fingerprint density at radius 3 is 0.935 bits per heavy atom. The molecule has 0 unspecified atom stereocenters. The van der Waals surface area contributed by atoms with Crippen molar-refractivity contribution in [2.75, 3.05) is 9.80 Å². The minimum atomic E-state index is 1.14. The molecule has 0 atom stereocenters. The van der Waals surface area contributed by atoms with Gasteiger partial charge in [0, 0.05) is 33.5 Å². The van der Waals surface area contributed by atoms with Crippen LogP contribution in [0.25, 0.3) is 43.8 Å². The Hall–Kier alpha value is -6.25. The van der Waals surface area contributed by atoms with E-state index >= 15 is 0 Å². The molecule has 0 aliphatic heterocycles. The van der Waals surface area contributed by atoms with Gasteiger partial charge in [0.25, 0.3) is 0 Å². The van der Waals surface area contributed by atoms with Crippen molar-refractivity contribution in [3.63, 3.8) is 0 Å². The number of hydrogen-bond acceptors (Lipinski definition) is 2. The zero-order chi connectivity index (χ0) is 43.4. The lowest BCUT2D eigenvalue weighted by Crippen LogP contribution is -2.56. The summed E-state index contributed by atoms with van der Waals surface area (Å²) < 4.78 is 0. The molecule has 0 radical (unpaired) electrons. The van der Waals surface area contributed by atoms with Gasteiger partial charge in [0.15, 0.2) is 0 Å². The summed E-state index contributed by atoms with van der Waals surface area (Å²) >= 11 is 0. The normalized spacial score (nSPS) is 11.2. The monoisotopic (exact) mass is 784 g/mol. The van der Waals surface area contributed by atoms with E-state index in [9.17, 15) is 0 Å². The Morgan fingerprint density at radius 2 is 0.565 bits per heavy atom. The van der Waals surface area contributed by atoms with E-state index in [0.717, 1.165) is 11.4 Å². The van der Waals surface area contributed by atoms with Crippen molar-refractivity contribution in [3.05, 3.63) is 158 Å². The maximum atomic E-state index is 2.48. The number of nitrogens with zero attached hydrogens (tertiary/aromatic N) is 2. The van der Waals surface area contributed by atoms with Crippen LogP contribution in [0.4, 0.5) is 34.1 Å². The second kappa shape index (κ2) is 16.6. The van der Waals surface area contributed by atoms with Gasteiger partial charge in [-0.05, 0) is 75.5 Å². The molecule has 2 nitrogen and oxygen atoms in total. The first-order chi connectivity index (χ1) is 29.9. The lowest BCUT2D eigenvalue weighted by atomic mass is 9.61. The molecule has 9 rings (SSSR count). The highest BCUT2D eigenvalue weighted by Crippen LogP contribution is 2.40. The van der Waals surface area contributed by atoms with Gasteiger partial charge in [-0.1, -0.05) is 159 Å². The smallest absolute Gasteiger partial charge is 0.141 e. The lowest BCUT2D eigenvalue weighted by Gasteiger charge is -2.33. The summed E-state index contributed by atoms with van der Waals surface area (Å²) in [7, 11) is 22.7. The molecule has 0 bridgehead atoms. The lowest BCUT2D eigenvalue weighted by molar-refractivity contribution is 1.32. The molecule has 0 fully saturated rings. The van der Waals surface area contributed by atoms with Crippen LogP contribution in [-0.4, -0.2) is 78.5 Å². The van der Waals surface area contributed by atoms with E-state index in [1.807, 2.05) is 0 Å². The van der Waals surface area contributed by atoms with Crippen molar-refractivity contribution >= 4 is 189 Å². The molecule has 0 heterocycles. The van der Waals surface area contributed by atoms with Crippen LogP contribution in [0.1, 0.15) is 0 Å². The number of hydrogen-bond donors (Lipinski definition) is 0. The minimum Gasteiger partial charge on any atom is -0.311 e. The van der Waals surface area contributed by atoms with Crippen LogP contribution in [0, 0.1) is 0 Å². The number of rotatable bonds is 8. The summed E-state index contributed by atoms with van der Waals surface area (Å²) in [6, 6.07) is 58.1. The summed E-state index contributed by atoms with van der Waals surface area (Å²) in [6.07, 6.45) is 0. The van der Waals surface area contributed by atoms with E-state index in [1.165, 1.54) is 121 Å². The number of fused-ring (bicyclic) bond motifs is 2. The highest BCUT2D eigenvalue weighted by atomic mass is 15.2. The van der Waals surface area contributed by atoms with Crippen LogP contribution >= 0.6 is 0 Å². The Labute approximate surface area is 376 Å². The van der Waals surface area contributed by atoms with Crippen molar-refractivity contribution < 1.29 is 0 Å². The molecule has 0 saturated carbocycles. The van der Waals surface area contributed by atoms with Crippen molar-refractivity contribution in [2.24, 2.45) is 0 Å². The quantitative estimate of drug-likeness (QED) is 0.151.